The van der Waals surface area contributed by atoms with Crippen molar-refractivity contribution < 1.29 is 0 Å². The average molecular weight is 480 g/mol. The van der Waals surface area contributed by atoms with Crippen molar-refractivity contribution in [2.45, 2.75) is 39.0 Å². The Hall–Kier alpha value is -3.78. The number of benzene rings is 2. The van der Waals surface area contributed by atoms with Gasteiger partial charge in [-0.1, -0.05) is 37.9 Å². The van der Waals surface area contributed by atoms with E-state index in [4.69, 9.17) is 10.3 Å². The third-order valence-corrected chi connectivity index (χ3v) is 7.60. The molecule has 1 unspecified atom stereocenters. The number of piperidine rings is 1. The molecule has 2 aliphatic heterocycles. The zero-order valence-electron chi connectivity index (χ0n) is 21.8. The predicted octanol–water partition coefficient (Wildman–Crippen LogP) is 5.63. The Morgan fingerprint density at radius 3 is 2.44 bits per heavy atom. The van der Waals surface area contributed by atoms with Crippen molar-refractivity contribution >= 4 is 11.5 Å². The maximum Gasteiger partial charge on any atom is 0.132 e. The van der Waals surface area contributed by atoms with Crippen LogP contribution in [0.3, 0.4) is 0 Å². The van der Waals surface area contributed by atoms with Crippen molar-refractivity contribution in [1.29, 1.82) is 5.26 Å². The van der Waals surface area contributed by atoms with Crippen LogP contribution in [0.1, 0.15) is 58.6 Å². The van der Waals surface area contributed by atoms with Gasteiger partial charge >= 0.3 is 0 Å². The predicted molar refractivity (Wildman–Crippen MR) is 150 cm³/mol. The van der Waals surface area contributed by atoms with E-state index in [1.807, 2.05) is 19.2 Å². The summed E-state index contributed by atoms with van der Waals surface area (Å²) in [5.41, 5.74) is 9.74. The molecule has 0 radical (unpaired) electrons. The molecule has 1 fully saturated rings. The molecule has 0 aliphatic carbocycles. The van der Waals surface area contributed by atoms with Gasteiger partial charge in [-0.15, -0.1) is 0 Å². The van der Waals surface area contributed by atoms with Crippen LogP contribution in [-0.4, -0.2) is 37.4 Å². The lowest BCUT2D eigenvalue weighted by Gasteiger charge is -2.35. The first-order valence-corrected chi connectivity index (χ1v) is 12.7. The highest BCUT2D eigenvalue weighted by atomic mass is 15.1. The van der Waals surface area contributed by atoms with Crippen LogP contribution in [0.2, 0.25) is 0 Å². The molecule has 1 atom stereocenters. The van der Waals surface area contributed by atoms with Gasteiger partial charge in [0.2, 0.25) is 0 Å². The largest absolute Gasteiger partial charge is 0.392 e. The fourth-order valence-corrected chi connectivity index (χ4v) is 5.31. The Morgan fingerprint density at radius 1 is 1.11 bits per heavy atom. The summed E-state index contributed by atoms with van der Waals surface area (Å²) in [6.45, 7) is 19.8. The summed E-state index contributed by atoms with van der Waals surface area (Å²) in [4.78, 5) is 7.35. The Kier molecular flexibility index (Phi) is 7.64. The third-order valence-electron chi connectivity index (χ3n) is 7.60. The van der Waals surface area contributed by atoms with Crippen LogP contribution < -0.4 is 10.6 Å². The molecule has 0 bridgehead atoms. The SMILES string of the molecule is C=C1CC(C(=C)NC)CN=C(c2cc(C(=C)N3CCC(c4ccc(C#N)cc4)CC3)c(C)cc2C)N1. The molecular weight excluding hydrogens is 442 g/mol. The van der Waals surface area contributed by atoms with Crippen LogP contribution in [0.5, 0.6) is 0 Å². The number of nitrogens with zero attached hydrogens (tertiary/aromatic N) is 3. The first kappa shape index (κ1) is 25.3. The van der Waals surface area contributed by atoms with Gasteiger partial charge in [0.25, 0.3) is 0 Å². The van der Waals surface area contributed by atoms with Gasteiger partial charge in [0.15, 0.2) is 0 Å². The number of nitriles is 1. The smallest absolute Gasteiger partial charge is 0.132 e. The van der Waals surface area contributed by atoms with Crippen LogP contribution in [0.25, 0.3) is 5.70 Å². The average Bonchev–Trinajstić information content (AvgIpc) is 3.09. The lowest BCUT2D eigenvalue weighted by atomic mass is 9.88. The van der Waals surface area contributed by atoms with Crippen LogP contribution in [0.15, 0.2) is 72.5 Å². The number of amidine groups is 1. The van der Waals surface area contributed by atoms with E-state index in [-0.39, 0.29) is 5.92 Å². The summed E-state index contributed by atoms with van der Waals surface area (Å²) in [6.07, 6.45) is 2.96. The molecule has 186 valence electrons. The zero-order valence-corrected chi connectivity index (χ0v) is 21.8. The molecular formula is C31H37N5. The second kappa shape index (κ2) is 10.9. The number of allylic oxidation sites excluding steroid dienone is 1. The van der Waals surface area contributed by atoms with Crippen molar-refractivity contribution in [1.82, 2.24) is 15.5 Å². The van der Waals surface area contributed by atoms with E-state index in [1.54, 1.807) is 0 Å². The lowest BCUT2D eigenvalue weighted by molar-refractivity contribution is 0.299. The second-order valence-corrected chi connectivity index (χ2v) is 10.0. The maximum atomic E-state index is 9.07. The lowest BCUT2D eigenvalue weighted by Crippen LogP contribution is -2.32. The molecule has 0 spiro atoms. The molecule has 2 N–H and O–H groups in total. The van der Waals surface area contributed by atoms with Gasteiger partial charge in [0.1, 0.15) is 5.84 Å². The third kappa shape index (κ3) is 5.39. The molecule has 4 rings (SSSR count). The van der Waals surface area contributed by atoms with Crippen LogP contribution >= 0.6 is 0 Å². The Morgan fingerprint density at radius 2 is 1.81 bits per heavy atom. The minimum atomic E-state index is 0.227. The van der Waals surface area contributed by atoms with Crippen molar-refractivity contribution in [3.8, 4) is 6.07 Å². The highest BCUT2D eigenvalue weighted by molar-refractivity contribution is 6.02. The summed E-state index contributed by atoms with van der Waals surface area (Å²) >= 11 is 0. The minimum absolute atomic E-state index is 0.227. The van der Waals surface area contributed by atoms with Crippen molar-refractivity contribution in [2.24, 2.45) is 10.9 Å². The number of aryl methyl sites for hydroxylation is 2. The summed E-state index contributed by atoms with van der Waals surface area (Å²) < 4.78 is 0. The summed E-state index contributed by atoms with van der Waals surface area (Å²) in [5, 5.41) is 15.7. The number of hydrogen-bond acceptors (Lipinski definition) is 5. The van der Waals surface area contributed by atoms with Crippen molar-refractivity contribution in [3.63, 3.8) is 0 Å². The molecule has 36 heavy (non-hydrogen) atoms. The Labute approximate surface area is 215 Å². The second-order valence-electron chi connectivity index (χ2n) is 10.0. The molecule has 1 saturated heterocycles. The summed E-state index contributed by atoms with van der Waals surface area (Å²) in [5.74, 6) is 1.62. The maximum absolute atomic E-state index is 9.07. The molecule has 0 amide bonds. The molecule has 2 heterocycles. The van der Waals surface area contributed by atoms with Gasteiger partial charge in [-0.05, 0) is 73.9 Å². The van der Waals surface area contributed by atoms with E-state index in [2.05, 4.69) is 79.5 Å². The number of hydrogen-bond donors (Lipinski definition) is 2. The highest BCUT2D eigenvalue weighted by Crippen LogP contribution is 2.33. The molecule has 0 saturated carbocycles. The number of rotatable bonds is 6. The van der Waals surface area contributed by atoms with Crippen LogP contribution in [0.4, 0.5) is 0 Å². The monoisotopic (exact) mass is 479 g/mol. The molecule has 2 aromatic rings. The Balaban J connectivity index is 1.51. The molecule has 5 heteroatoms. The normalized spacial score (nSPS) is 18.5. The fourth-order valence-electron chi connectivity index (χ4n) is 5.31. The van der Waals surface area contributed by atoms with E-state index >= 15 is 0 Å². The zero-order chi connectivity index (χ0) is 25.8. The van der Waals surface area contributed by atoms with E-state index < -0.39 is 0 Å². The number of aliphatic imine (C=N–C) groups is 1. The van der Waals surface area contributed by atoms with Gasteiger partial charge < -0.3 is 15.5 Å². The van der Waals surface area contributed by atoms with Crippen molar-refractivity contribution in [3.05, 3.63) is 101 Å². The van der Waals surface area contributed by atoms with Gasteiger partial charge in [-0.3, -0.25) is 4.99 Å². The number of nitrogens with one attached hydrogen (secondary N) is 2. The van der Waals surface area contributed by atoms with E-state index in [1.165, 1.54) is 22.3 Å². The van der Waals surface area contributed by atoms with Gasteiger partial charge in [-0.2, -0.15) is 5.26 Å². The van der Waals surface area contributed by atoms with Crippen LogP contribution in [-0.2, 0) is 0 Å². The standard InChI is InChI=1S/C31H37N5/c1-20-15-21(2)30(31-34-19-28(23(4)33-6)16-22(3)35-31)17-29(20)24(5)36-13-11-27(12-14-36)26-9-7-25(18-32)8-10-26/h7-10,15,17,27-28,33H,3-5,11-14,16,19H2,1-2,6H3,(H,34,35). The first-order chi connectivity index (χ1) is 17.3. The van der Waals surface area contributed by atoms with Crippen molar-refractivity contribution in [2.75, 3.05) is 26.7 Å². The van der Waals surface area contributed by atoms with E-state index in [0.717, 1.165) is 60.8 Å². The topological polar surface area (TPSA) is 63.5 Å². The molecule has 0 aromatic heterocycles. The van der Waals surface area contributed by atoms with Gasteiger partial charge in [0.05, 0.1) is 11.6 Å². The fraction of sp³-hybridized carbons (Fsp3) is 0.355. The first-order valence-electron chi connectivity index (χ1n) is 12.7. The van der Waals surface area contributed by atoms with Gasteiger partial charge in [0, 0.05) is 60.8 Å². The summed E-state index contributed by atoms with van der Waals surface area (Å²) in [6, 6.07) is 14.7. The molecule has 2 aliphatic rings. The molecule has 2 aromatic carbocycles. The van der Waals surface area contributed by atoms with E-state index in [9.17, 15) is 0 Å². The Bertz CT molecular complexity index is 1240. The van der Waals surface area contributed by atoms with Crippen LogP contribution in [0, 0.1) is 31.1 Å². The minimum Gasteiger partial charge on any atom is -0.392 e. The van der Waals surface area contributed by atoms with E-state index in [0.29, 0.717) is 18.0 Å². The summed E-state index contributed by atoms with van der Waals surface area (Å²) in [7, 11) is 1.91. The number of likely N-dealkylation sites (tertiary alicyclic amines) is 1. The highest BCUT2D eigenvalue weighted by Gasteiger charge is 2.24. The molecule has 5 nitrogen and oxygen atoms in total. The van der Waals surface area contributed by atoms with Gasteiger partial charge in [-0.25, -0.2) is 0 Å². The quantitative estimate of drug-likeness (QED) is 0.564.